The molecule has 60 valence electrons. The van der Waals surface area contributed by atoms with Crippen LogP contribution >= 0.6 is 11.6 Å². The molecule has 0 aliphatic rings. The summed E-state index contributed by atoms with van der Waals surface area (Å²) in [6, 6.07) is 4.73. The molecule has 1 N–H and O–H groups in total. The van der Waals surface area contributed by atoms with Gasteiger partial charge in [0.1, 0.15) is 0 Å². The predicted molar refractivity (Wildman–Crippen MR) is 43.8 cm³/mol. The summed E-state index contributed by atoms with van der Waals surface area (Å²) in [5.41, 5.74) is 0.865. The van der Waals surface area contributed by atoms with Crippen molar-refractivity contribution < 1.29 is 5.21 Å². The van der Waals surface area contributed by atoms with Crippen molar-refractivity contribution in [3.63, 3.8) is 0 Å². The molecule has 0 heterocycles. The SMILES string of the molecule is Cc1ccc(Cl)cc1N([O-])O. The highest BCUT2D eigenvalue weighted by atomic mass is 35.5. The average molecular weight is 173 g/mol. The topological polar surface area (TPSA) is 46.5 Å². The highest BCUT2D eigenvalue weighted by Gasteiger charge is 1.98. The zero-order valence-electron chi connectivity index (χ0n) is 5.91. The minimum atomic E-state index is -0.193. The highest BCUT2D eigenvalue weighted by Crippen LogP contribution is 2.22. The van der Waals surface area contributed by atoms with Gasteiger partial charge in [-0.2, -0.15) is 0 Å². The Morgan fingerprint density at radius 3 is 2.64 bits per heavy atom. The minimum absolute atomic E-state index is 0.178. The van der Waals surface area contributed by atoms with E-state index >= 15 is 0 Å². The van der Waals surface area contributed by atoms with Crippen LogP contribution in [0.3, 0.4) is 0 Å². The fourth-order valence-electron chi connectivity index (χ4n) is 0.789. The van der Waals surface area contributed by atoms with Crippen LogP contribution in [-0.2, 0) is 0 Å². The molecule has 0 fully saturated rings. The molecule has 0 aliphatic heterocycles. The Balaban J connectivity index is 3.13. The molecule has 0 atom stereocenters. The first kappa shape index (κ1) is 8.33. The molecule has 0 amide bonds. The summed E-state index contributed by atoms with van der Waals surface area (Å²) in [4.78, 5) is 0. The third kappa shape index (κ3) is 1.83. The minimum Gasteiger partial charge on any atom is -0.733 e. The Labute approximate surface area is 69.4 Å². The molecule has 0 aromatic heterocycles. The lowest BCUT2D eigenvalue weighted by Crippen LogP contribution is -2.08. The maximum absolute atomic E-state index is 10.4. The fraction of sp³-hybridized carbons (Fsp3) is 0.143. The predicted octanol–water partition coefficient (Wildman–Crippen LogP) is 2.34. The van der Waals surface area contributed by atoms with Crippen molar-refractivity contribution in [3.05, 3.63) is 34.0 Å². The number of aryl methyl sites for hydroxylation is 1. The Bertz CT molecular complexity index is 263. The molecule has 0 saturated carbocycles. The number of benzene rings is 1. The maximum atomic E-state index is 10.4. The summed E-state index contributed by atoms with van der Waals surface area (Å²) in [5.74, 6) is 0. The zero-order chi connectivity index (χ0) is 8.43. The molecule has 3 nitrogen and oxygen atoms in total. The van der Waals surface area contributed by atoms with Crippen molar-refractivity contribution in [3.8, 4) is 0 Å². The third-order valence-electron chi connectivity index (χ3n) is 1.38. The van der Waals surface area contributed by atoms with Gasteiger partial charge >= 0.3 is 0 Å². The van der Waals surface area contributed by atoms with Gasteiger partial charge in [0.2, 0.25) is 0 Å². The summed E-state index contributed by atoms with van der Waals surface area (Å²) < 4.78 is 0. The molecule has 4 heteroatoms. The van der Waals surface area contributed by atoms with Gasteiger partial charge in [0.15, 0.2) is 0 Å². The molecule has 1 rings (SSSR count). The van der Waals surface area contributed by atoms with Crippen molar-refractivity contribution in [2.24, 2.45) is 0 Å². The van der Waals surface area contributed by atoms with Crippen LogP contribution in [0.1, 0.15) is 5.56 Å². The zero-order valence-corrected chi connectivity index (χ0v) is 6.67. The second-order valence-corrected chi connectivity index (χ2v) is 2.64. The number of hydrogen-bond donors (Lipinski definition) is 1. The standard InChI is InChI=1S/C7H7ClNO2/c1-5-2-3-6(8)4-7(5)9(10)11/h2-4,10H,1H3/q-1. The monoisotopic (exact) mass is 172 g/mol. The van der Waals surface area contributed by atoms with E-state index in [9.17, 15) is 5.21 Å². The molecule has 0 bridgehead atoms. The van der Waals surface area contributed by atoms with Gasteiger partial charge in [-0.25, -0.2) is 0 Å². The van der Waals surface area contributed by atoms with Gasteiger partial charge in [-0.3, -0.25) is 5.21 Å². The maximum Gasteiger partial charge on any atom is 0.0552 e. The molecule has 11 heavy (non-hydrogen) atoms. The number of anilines is 1. The van der Waals surface area contributed by atoms with E-state index in [2.05, 4.69) is 0 Å². The lowest BCUT2D eigenvalue weighted by Gasteiger charge is -2.23. The van der Waals surface area contributed by atoms with Crippen molar-refractivity contribution >= 4 is 17.3 Å². The molecule has 0 spiro atoms. The smallest absolute Gasteiger partial charge is 0.0552 e. The summed E-state index contributed by atoms with van der Waals surface area (Å²) >= 11 is 5.58. The Morgan fingerprint density at radius 1 is 1.55 bits per heavy atom. The summed E-state index contributed by atoms with van der Waals surface area (Å²) in [6.45, 7) is 1.72. The first-order chi connectivity index (χ1) is 5.11. The fourth-order valence-corrected chi connectivity index (χ4v) is 0.955. The van der Waals surface area contributed by atoms with Gasteiger partial charge in [-0.15, -0.1) is 0 Å². The van der Waals surface area contributed by atoms with E-state index in [1.165, 1.54) is 6.07 Å². The van der Waals surface area contributed by atoms with Crippen LogP contribution in [0.4, 0.5) is 5.69 Å². The molecule has 0 aliphatic carbocycles. The quantitative estimate of drug-likeness (QED) is 0.662. The van der Waals surface area contributed by atoms with E-state index in [-0.39, 0.29) is 10.9 Å². The van der Waals surface area contributed by atoms with Crippen molar-refractivity contribution in [1.82, 2.24) is 0 Å². The van der Waals surface area contributed by atoms with Gasteiger partial charge in [0.05, 0.1) is 5.69 Å². The van der Waals surface area contributed by atoms with Crippen LogP contribution in [0, 0.1) is 12.1 Å². The number of hydrogen-bond acceptors (Lipinski definition) is 3. The van der Waals surface area contributed by atoms with E-state index < -0.39 is 0 Å². The van der Waals surface area contributed by atoms with Crippen LogP contribution in [0.25, 0.3) is 0 Å². The number of nitrogens with zero attached hydrogens (tertiary/aromatic N) is 1. The lowest BCUT2D eigenvalue weighted by molar-refractivity contribution is 0.296. The first-order valence-electron chi connectivity index (χ1n) is 3.03. The van der Waals surface area contributed by atoms with Gasteiger partial charge in [0, 0.05) is 5.02 Å². The molecule has 0 radical (unpaired) electrons. The second-order valence-electron chi connectivity index (χ2n) is 2.20. The third-order valence-corrected chi connectivity index (χ3v) is 1.61. The van der Waals surface area contributed by atoms with Crippen LogP contribution in [0.15, 0.2) is 18.2 Å². The van der Waals surface area contributed by atoms with Crippen LogP contribution in [0.5, 0.6) is 0 Å². The average Bonchev–Trinajstić information content (AvgIpc) is 1.94. The second kappa shape index (κ2) is 3.09. The van der Waals surface area contributed by atoms with Gasteiger partial charge < -0.3 is 10.4 Å². The molecular weight excluding hydrogens is 166 g/mol. The first-order valence-corrected chi connectivity index (χ1v) is 3.41. The highest BCUT2D eigenvalue weighted by molar-refractivity contribution is 6.30. The number of rotatable bonds is 1. The van der Waals surface area contributed by atoms with E-state index in [1.807, 2.05) is 0 Å². The lowest BCUT2D eigenvalue weighted by atomic mass is 10.2. The Kier molecular flexibility index (Phi) is 2.34. The largest absolute Gasteiger partial charge is 0.733 e. The van der Waals surface area contributed by atoms with E-state index in [0.29, 0.717) is 10.6 Å². The summed E-state index contributed by atoms with van der Waals surface area (Å²) in [5, 5.41) is 19.2. The van der Waals surface area contributed by atoms with Crippen LogP contribution < -0.4 is 5.23 Å². The molecular formula is C7H7ClNO2-. The van der Waals surface area contributed by atoms with Crippen LogP contribution in [-0.4, -0.2) is 5.21 Å². The van der Waals surface area contributed by atoms with E-state index in [1.54, 1.807) is 19.1 Å². The van der Waals surface area contributed by atoms with E-state index in [4.69, 9.17) is 16.8 Å². The van der Waals surface area contributed by atoms with Gasteiger partial charge in [-0.1, -0.05) is 17.7 Å². The summed E-state index contributed by atoms with van der Waals surface area (Å²) in [6.07, 6.45) is 0. The van der Waals surface area contributed by atoms with Crippen molar-refractivity contribution in [2.75, 3.05) is 5.23 Å². The molecule has 0 saturated heterocycles. The van der Waals surface area contributed by atoms with Gasteiger partial charge in [0.25, 0.3) is 0 Å². The van der Waals surface area contributed by atoms with Gasteiger partial charge in [-0.05, 0) is 24.6 Å². The normalized spacial score (nSPS) is 9.82. The Hall–Kier alpha value is -0.770. The molecule has 1 aromatic rings. The van der Waals surface area contributed by atoms with Crippen molar-refractivity contribution in [1.29, 1.82) is 0 Å². The van der Waals surface area contributed by atoms with E-state index in [0.717, 1.165) is 0 Å². The number of halogens is 1. The Morgan fingerprint density at radius 2 is 2.18 bits per heavy atom. The van der Waals surface area contributed by atoms with Crippen LogP contribution in [0.2, 0.25) is 5.02 Å². The summed E-state index contributed by atoms with van der Waals surface area (Å²) in [7, 11) is 0. The molecule has 1 aromatic carbocycles. The molecule has 0 unspecified atom stereocenters. The van der Waals surface area contributed by atoms with Crippen molar-refractivity contribution in [2.45, 2.75) is 6.92 Å².